The lowest BCUT2D eigenvalue weighted by molar-refractivity contribution is -0.127. The molecule has 3 heteroatoms. The molecule has 0 aliphatic rings. The van der Waals surface area contributed by atoms with E-state index in [1.165, 1.54) is 0 Å². The summed E-state index contributed by atoms with van der Waals surface area (Å²) in [4.78, 5) is 13.4. The highest BCUT2D eigenvalue weighted by molar-refractivity contribution is 5.92. The molecule has 0 saturated carbocycles. The summed E-state index contributed by atoms with van der Waals surface area (Å²) in [7, 11) is 0. The second kappa shape index (κ2) is 6.60. The van der Waals surface area contributed by atoms with Gasteiger partial charge in [0.15, 0.2) is 0 Å². The molecule has 0 atom stereocenters. The van der Waals surface area contributed by atoms with Crippen LogP contribution in [-0.4, -0.2) is 35.6 Å². The van der Waals surface area contributed by atoms with Crippen LogP contribution in [0.3, 0.4) is 0 Å². The molecule has 0 spiro atoms. The van der Waals surface area contributed by atoms with Crippen molar-refractivity contribution in [1.29, 1.82) is 0 Å². The number of hydrogen-bond acceptors (Lipinski definition) is 2. The first-order chi connectivity index (χ1) is 6.49. The third kappa shape index (κ3) is 5.02. The number of carbonyl (C=O) groups excluding carboxylic acids is 1. The van der Waals surface area contributed by atoms with Crippen LogP contribution in [0.1, 0.15) is 27.2 Å². The third-order valence-corrected chi connectivity index (χ3v) is 1.82. The van der Waals surface area contributed by atoms with Crippen molar-refractivity contribution in [1.82, 2.24) is 4.90 Å². The van der Waals surface area contributed by atoms with Gasteiger partial charge in [-0.25, -0.2) is 0 Å². The normalized spacial score (nSPS) is 10.4. The third-order valence-electron chi connectivity index (χ3n) is 1.82. The number of aliphatic hydroxyl groups is 1. The molecule has 0 aromatic carbocycles. The summed E-state index contributed by atoms with van der Waals surface area (Å²) in [6.45, 7) is 11.0. The molecule has 3 nitrogen and oxygen atoms in total. The fraction of sp³-hybridized carbons (Fsp3) is 0.727. The second-order valence-electron chi connectivity index (χ2n) is 4.00. The minimum absolute atomic E-state index is 0.00727. The maximum absolute atomic E-state index is 11.6. The summed E-state index contributed by atoms with van der Waals surface area (Å²) in [6, 6.07) is 0. The minimum Gasteiger partial charge on any atom is -0.396 e. The average Bonchev–Trinajstić information content (AvgIpc) is 2.10. The van der Waals surface area contributed by atoms with Crippen molar-refractivity contribution in [2.24, 2.45) is 5.92 Å². The maximum atomic E-state index is 11.6. The van der Waals surface area contributed by atoms with Crippen molar-refractivity contribution in [3.8, 4) is 0 Å². The average molecular weight is 199 g/mol. The van der Waals surface area contributed by atoms with Crippen LogP contribution >= 0.6 is 0 Å². The van der Waals surface area contributed by atoms with E-state index in [-0.39, 0.29) is 12.5 Å². The summed E-state index contributed by atoms with van der Waals surface area (Å²) in [5, 5.41) is 8.71. The SMILES string of the molecule is C=C(C)C(=O)N(CCCO)CC(C)C. The molecule has 0 fully saturated rings. The van der Waals surface area contributed by atoms with Gasteiger partial charge in [-0.1, -0.05) is 20.4 Å². The fourth-order valence-electron chi connectivity index (χ4n) is 1.25. The molecule has 0 aliphatic carbocycles. The Kier molecular flexibility index (Phi) is 6.21. The molecular weight excluding hydrogens is 178 g/mol. The second-order valence-corrected chi connectivity index (χ2v) is 4.00. The summed E-state index contributed by atoms with van der Waals surface area (Å²) >= 11 is 0. The van der Waals surface area contributed by atoms with Crippen LogP contribution in [0.25, 0.3) is 0 Å². The van der Waals surface area contributed by atoms with Gasteiger partial charge in [0.25, 0.3) is 0 Å². The first-order valence-corrected chi connectivity index (χ1v) is 5.04. The maximum Gasteiger partial charge on any atom is 0.248 e. The van der Waals surface area contributed by atoms with Gasteiger partial charge in [0.05, 0.1) is 0 Å². The van der Waals surface area contributed by atoms with E-state index in [9.17, 15) is 4.79 Å². The van der Waals surface area contributed by atoms with E-state index < -0.39 is 0 Å². The van der Waals surface area contributed by atoms with Crippen molar-refractivity contribution < 1.29 is 9.90 Å². The van der Waals surface area contributed by atoms with Crippen LogP contribution in [-0.2, 0) is 4.79 Å². The highest BCUT2D eigenvalue weighted by Crippen LogP contribution is 2.04. The predicted octanol–water partition coefficient (Wildman–Crippen LogP) is 1.43. The zero-order valence-corrected chi connectivity index (χ0v) is 9.42. The standard InChI is InChI=1S/C11H21NO2/c1-9(2)8-12(6-5-7-13)11(14)10(3)4/h9,13H,3,5-8H2,1-2,4H3. The Hall–Kier alpha value is -0.830. The number of aliphatic hydroxyl groups excluding tert-OH is 1. The van der Waals surface area contributed by atoms with Crippen LogP contribution in [0.4, 0.5) is 0 Å². The predicted molar refractivity (Wildman–Crippen MR) is 57.9 cm³/mol. The Morgan fingerprint density at radius 2 is 2.07 bits per heavy atom. The van der Waals surface area contributed by atoms with Crippen LogP contribution in [0.5, 0.6) is 0 Å². The molecule has 0 rings (SSSR count). The molecule has 0 heterocycles. The van der Waals surface area contributed by atoms with E-state index in [4.69, 9.17) is 5.11 Å². The van der Waals surface area contributed by atoms with E-state index in [0.29, 0.717) is 24.5 Å². The molecule has 14 heavy (non-hydrogen) atoms. The van der Waals surface area contributed by atoms with Crippen molar-refractivity contribution in [2.45, 2.75) is 27.2 Å². The highest BCUT2D eigenvalue weighted by atomic mass is 16.3. The van der Waals surface area contributed by atoms with E-state index in [1.54, 1.807) is 11.8 Å². The molecular formula is C11H21NO2. The summed E-state index contributed by atoms with van der Waals surface area (Å²) in [5.74, 6) is 0.434. The molecule has 1 amide bonds. The van der Waals surface area contributed by atoms with Gasteiger partial charge in [0, 0.05) is 25.3 Å². The molecule has 0 aliphatic heterocycles. The Bertz CT molecular complexity index is 199. The molecule has 0 bridgehead atoms. The van der Waals surface area contributed by atoms with Crippen LogP contribution in [0.15, 0.2) is 12.2 Å². The van der Waals surface area contributed by atoms with Crippen LogP contribution in [0, 0.1) is 5.92 Å². The lowest BCUT2D eigenvalue weighted by Crippen LogP contribution is -2.35. The Balaban J connectivity index is 4.23. The first-order valence-electron chi connectivity index (χ1n) is 5.04. The molecule has 0 unspecified atom stereocenters. The largest absolute Gasteiger partial charge is 0.396 e. The quantitative estimate of drug-likeness (QED) is 0.657. The van der Waals surface area contributed by atoms with Gasteiger partial charge in [-0.05, 0) is 19.3 Å². The zero-order chi connectivity index (χ0) is 11.1. The highest BCUT2D eigenvalue weighted by Gasteiger charge is 2.14. The monoisotopic (exact) mass is 199 g/mol. The molecule has 0 saturated heterocycles. The van der Waals surface area contributed by atoms with Crippen LogP contribution < -0.4 is 0 Å². The topological polar surface area (TPSA) is 40.5 Å². The minimum atomic E-state index is -0.00727. The Labute approximate surface area is 86.4 Å². The Morgan fingerprint density at radius 1 is 1.50 bits per heavy atom. The number of nitrogens with zero attached hydrogens (tertiary/aromatic N) is 1. The van der Waals surface area contributed by atoms with Gasteiger partial charge in [-0.3, -0.25) is 4.79 Å². The fourth-order valence-corrected chi connectivity index (χ4v) is 1.25. The van der Waals surface area contributed by atoms with E-state index >= 15 is 0 Å². The lowest BCUT2D eigenvalue weighted by Gasteiger charge is -2.24. The van der Waals surface area contributed by atoms with Gasteiger partial charge in [-0.2, -0.15) is 0 Å². The number of rotatable bonds is 6. The molecule has 82 valence electrons. The van der Waals surface area contributed by atoms with Gasteiger partial charge >= 0.3 is 0 Å². The summed E-state index contributed by atoms with van der Waals surface area (Å²) in [5.41, 5.74) is 0.559. The van der Waals surface area contributed by atoms with E-state index in [2.05, 4.69) is 20.4 Å². The summed E-state index contributed by atoms with van der Waals surface area (Å²) in [6.07, 6.45) is 0.631. The Morgan fingerprint density at radius 3 is 2.43 bits per heavy atom. The van der Waals surface area contributed by atoms with Crippen molar-refractivity contribution in [2.75, 3.05) is 19.7 Å². The molecule has 0 radical (unpaired) electrons. The van der Waals surface area contributed by atoms with Gasteiger partial charge in [-0.15, -0.1) is 0 Å². The van der Waals surface area contributed by atoms with Crippen molar-refractivity contribution >= 4 is 5.91 Å². The van der Waals surface area contributed by atoms with Crippen LogP contribution in [0.2, 0.25) is 0 Å². The summed E-state index contributed by atoms with van der Waals surface area (Å²) < 4.78 is 0. The molecule has 0 aromatic rings. The lowest BCUT2D eigenvalue weighted by atomic mass is 10.2. The van der Waals surface area contributed by atoms with Gasteiger partial charge in [0.2, 0.25) is 5.91 Å². The van der Waals surface area contributed by atoms with Gasteiger partial charge in [0.1, 0.15) is 0 Å². The van der Waals surface area contributed by atoms with Gasteiger partial charge < -0.3 is 10.0 Å². The number of carbonyl (C=O) groups is 1. The number of amides is 1. The smallest absolute Gasteiger partial charge is 0.248 e. The first kappa shape index (κ1) is 13.2. The van der Waals surface area contributed by atoms with E-state index in [0.717, 1.165) is 6.54 Å². The zero-order valence-electron chi connectivity index (χ0n) is 9.42. The van der Waals surface area contributed by atoms with Crippen molar-refractivity contribution in [3.63, 3.8) is 0 Å². The van der Waals surface area contributed by atoms with E-state index in [1.807, 2.05) is 0 Å². The molecule has 1 N–H and O–H groups in total. The number of hydrogen-bond donors (Lipinski definition) is 1. The molecule has 0 aromatic heterocycles. The van der Waals surface area contributed by atoms with Crippen molar-refractivity contribution in [3.05, 3.63) is 12.2 Å².